The van der Waals surface area contributed by atoms with Crippen molar-refractivity contribution in [2.45, 2.75) is 58.7 Å². The molecule has 0 unspecified atom stereocenters. The first kappa shape index (κ1) is 25.5. The molecule has 2 aromatic rings. The molecule has 1 fully saturated rings. The van der Waals surface area contributed by atoms with Gasteiger partial charge in [-0.05, 0) is 68.1 Å². The van der Waals surface area contributed by atoms with Gasteiger partial charge in [0.05, 0.1) is 11.9 Å². The van der Waals surface area contributed by atoms with Crippen LogP contribution >= 0.6 is 11.6 Å². The van der Waals surface area contributed by atoms with Gasteiger partial charge in [-0.3, -0.25) is 14.0 Å². The van der Waals surface area contributed by atoms with Gasteiger partial charge in [0.1, 0.15) is 6.04 Å². The van der Waals surface area contributed by atoms with Gasteiger partial charge < -0.3 is 5.32 Å². The van der Waals surface area contributed by atoms with Gasteiger partial charge in [-0.25, -0.2) is 8.42 Å². The standard InChI is InChI=1S/C25H34ClN3O3S/c1-4-24(29(33(3,31)32)22-13-12-19(2)23(26)16-22)25(30)27-17-20-10-6-7-11-21(20)18-28-14-8-5-9-15-28/h6-7,10-13,16,24H,4-5,8-9,14-15,17-18H2,1-3H3,(H,27,30)/t24-/m0/s1. The fraction of sp³-hybridized carbons (Fsp3) is 0.480. The van der Waals surface area contributed by atoms with E-state index in [4.69, 9.17) is 11.6 Å². The molecular formula is C25H34ClN3O3S. The first-order valence-corrected chi connectivity index (χ1v) is 13.8. The number of nitrogens with one attached hydrogen (secondary N) is 1. The van der Waals surface area contributed by atoms with Crippen LogP contribution in [0.15, 0.2) is 42.5 Å². The van der Waals surface area contributed by atoms with Crippen molar-refractivity contribution in [3.63, 3.8) is 0 Å². The van der Waals surface area contributed by atoms with E-state index in [1.54, 1.807) is 18.2 Å². The first-order chi connectivity index (χ1) is 15.7. The summed E-state index contributed by atoms with van der Waals surface area (Å²) in [4.78, 5) is 15.7. The molecule has 1 amide bonds. The van der Waals surface area contributed by atoms with Crippen LogP contribution in [0.2, 0.25) is 5.02 Å². The number of hydrogen-bond acceptors (Lipinski definition) is 4. The molecule has 2 aromatic carbocycles. The second-order valence-corrected chi connectivity index (χ2v) is 11.0. The second kappa shape index (κ2) is 11.4. The Balaban J connectivity index is 1.77. The lowest BCUT2D eigenvalue weighted by Crippen LogP contribution is -2.49. The number of likely N-dealkylation sites (tertiary alicyclic amines) is 1. The monoisotopic (exact) mass is 491 g/mol. The van der Waals surface area contributed by atoms with Crippen LogP contribution in [-0.4, -0.2) is 44.6 Å². The lowest BCUT2D eigenvalue weighted by atomic mass is 10.0. The minimum absolute atomic E-state index is 0.326. The third-order valence-electron chi connectivity index (χ3n) is 6.15. The van der Waals surface area contributed by atoms with E-state index in [0.29, 0.717) is 23.7 Å². The number of anilines is 1. The number of benzene rings is 2. The van der Waals surface area contributed by atoms with Crippen molar-refractivity contribution in [3.05, 3.63) is 64.2 Å². The summed E-state index contributed by atoms with van der Waals surface area (Å²) < 4.78 is 26.5. The quantitative estimate of drug-likeness (QED) is 0.561. The molecule has 33 heavy (non-hydrogen) atoms. The van der Waals surface area contributed by atoms with Gasteiger partial charge in [-0.1, -0.05) is 55.3 Å². The van der Waals surface area contributed by atoms with Gasteiger partial charge in [0, 0.05) is 18.1 Å². The SMILES string of the molecule is CC[C@@H](C(=O)NCc1ccccc1CN1CCCCC1)N(c1ccc(C)c(Cl)c1)S(C)(=O)=O. The largest absolute Gasteiger partial charge is 0.350 e. The van der Waals surface area contributed by atoms with E-state index in [2.05, 4.69) is 16.3 Å². The van der Waals surface area contributed by atoms with E-state index in [1.807, 2.05) is 32.0 Å². The summed E-state index contributed by atoms with van der Waals surface area (Å²) in [6, 6.07) is 12.3. The normalized spacial score (nSPS) is 15.8. The number of carbonyl (C=O) groups is 1. The summed E-state index contributed by atoms with van der Waals surface area (Å²) in [5.41, 5.74) is 3.48. The number of aryl methyl sites for hydroxylation is 1. The Morgan fingerprint density at radius 2 is 1.79 bits per heavy atom. The number of hydrogen-bond donors (Lipinski definition) is 1. The van der Waals surface area contributed by atoms with Crippen LogP contribution in [0.25, 0.3) is 0 Å². The van der Waals surface area contributed by atoms with Crippen LogP contribution in [0.3, 0.4) is 0 Å². The molecule has 0 bridgehead atoms. The van der Waals surface area contributed by atoms with Crippen molar-refractivity contribution in [1.82, 2.24) is 10.2 Å². The number of halogens is 1. The molecule has 1 atom stereocenters. The fourth-order valence-corrected chi connectivity index (χ4v) is 5.70. The fourth-order valence-electron chi connectivity index (χ4n) is 4.32. The summed E-state index contributed by atoms with van der Waals surface area (Å²) in [5.74, 6) is -0.326. The molecule has 0 aliphatic carbocycles. The minimum atomic E-state index is -3.71. The molecule has 6 nitrogen and oxygen atoms in total. The van der Waals surface area contributed by atoms with Crippen molar-refractivity contribution in [2.24, 2.45) is 0 Å². The van der Waals surface area contributed by atoms with Crippen LogP contribution in [0, 0.1) is 6.92 Å². The van der Waals surface area contributed by atoms with E-state index >= 15 is 0 Å². The van der Waals surface area contributed by atoms with Crippen LogP contribution < -0.4 is 9.62 Å². The maximum absolute atomic E-state index is 13.2. The number of sulfonamides is 1. The highest BCUT2D eigenvalue weighted by Gasteiger charge is 2.31. The summed E-state index contributed by atoms with van der Waals surface area (Å²) >= 11 is 6.25. The lowest BCUT2D eigenvalue weighted by molar-refractivity contribution is -0.122. The Kier molecular flexibility index (Phi) is 8.79. The average molecular weight is 492 g/mol. The predicted octanol–water partition coefficient (Wildman–Crippen LogP) is 4.50. The lowest BCUT2D eigenvalue weighted by Gasteiger charge is -2.30. The number of nitrogens with zero attached hydrogens (tertiary/aromatic N) is 2. The minimum Gasteiger partial charge on any atom is -0.350 e. The Bertz CT molecular complexity index is 1070. The highest BCUT2D eigenvalue weighted by Crippen LogP contribution is 2.27. The number of amides is 1. The van der Waals surface area contributed by atoms with Gasteiger partial charge in [0.2, 0.25) is 15.9 Å². The van der Waals surface area contributed by atoms with Crippen LogP contribution in [0.5, 0.6) is 0 Å². The molecule has 0 aromatic heterocycles. The van der Waals surface area contributed by atoms with E-state index in [0.717, 1.165) is 37.0 Å². The molecule has 1 heterocycles. The van der Waals surface area contributed by atoms with Crippen molar-refractivity contribution in [3.8, 4) is 0 Å². The molecule has 1 aliphatic heterocycles. The maximum atomic E-state index is 13.2. The highest BCUT2D eigenvalue weighted by atomic mass is 35.5. The Morgan fingerprint density at radius 1 is 1.12 bits per heavy atom. The van der Waals surface area contributed by atoms with Gasteiger partial charge in [0.25, 0.3) is 0 Å². The number of rotatable bonds is 9. The zero-order valence-corrected chi connectivity index (χ0v) is 21.3. The molecule has 0 radical (unpaired) electrons. The van der Waals surface area contributed by atoms with E-state index in [9.17, 15) is 13.2 Å². The Morgan fingerprint density at radius 3 is 2.39 bits per heavy atom. The van der Waals surface area contributed by atoms with Crippen molar-refractivity contribution in [1.29, 1.82) is 0 Å². The van der Waals surface area contributed by atoms with E-state index in [1.165, 1.54) is 29.1 Å². The van der Waals surface area contributed by atoms with Crippen molar-refractivity contribution >= 4 is 33.2 Å². The number of carbonyl (C=O) groups excluding carboxylic acids is 1. The Hall–Kier alpha value is -2.09. The van der Waals surface area contributed by atoms with Crippen molar-refractivity contribution < 1.29 is 13.2 Å². The molecule has 1 N–H and O–H groups in total. The van der Waals surface area contributed by atoms with E-state index in [-0.39, 0.29) is 5.91 Å². The molecule has 0 saturated carbocycles. The zero-order chi connectivity index (χ0) is 24.0. The topological polar surface area (TPSA) is 69.7 Å². The third kappa shape index (κ3) is 6.71. The molecule has 180 valence electrons. The average Bonchev–Trinajstić information content (AvgIpc) is 2.78. The van der Waals surface area contributed by atoms with E-state index < -0.39 is 16.1 Å². The van der Waals surface area contributed by atoms with Crippen molar-refractivity contribution in [2.75, 3.05) is 23.7 Å². The smallest absolute Gasteiger partial charge is 0.244 e. The molecule has 0 spiro atoms. The molecule has 3 rings (SSSR count). The second-order valence-electron chi connectivity index (χ2n) is 8.74. The van der Waals surface area contributed by atoms with Crippen LogP contribution in [0.4, 0.5) is 5.69 Å². The predicted molar refractivity (Wildman–Crippen MR) is 135 cm³/mol. The maximum Gasteiger partial charge on any atom is 0.244 e. The van der Waals surface area contributed by atoms with Gasteiger partial charge >= 0.3 is 0 Å². The zero-order valence-electron chi connectivity index (χ0n) is 19.7. The summed E-state index contributed by atoms with van der Waals surface area (Å²) in [7, 11) is -3.71. The summed E-state index contributed by atoms with van der Waals surface area (Å²) in [6.45, 7) is 7.07. The number of piperidine rings is 1. The van der Waals surface area contributed by atoms with Crippen LogP contribution in [-0.2, 0) is 27.9 Å². The molecular weight excluding hydrogens is 458 g/mol. The first-order valence-electron chi connectivity index (χ1n) is 11.5. The Labute approximate surface area is 203 Å². The molecule has 1 aliphatic rings. The molecule has 8 heteroatoms. The molecule has 1 saturated heterocycles. The van der Waals surface area contributed by atoms with Gasteiger partial charge in [-0.2, -0.15) is 0 Å². The third-order valence-corrected chi connectivity index (χ3v) is 7.74. The summed E-state index contributed by atoms with van der Waals surface area (Å²) in [6.07, 6.45) is 5.18. The summed E-state index contributed by atoms with van der Waals surface area (Å²) in [5, 5.41) is 3.44. The van der Waals surface area contributed by atoms with Crippen LogP contribution in [0.1, 0.15) is 49.3 Å². The highest BCUT2D eigenvalue weighted by molar-refractivity contribution is 7.92. The van der Waals surface area contributed by atoms with Gasteiger partial charge in [-0.15, -0.1) is 0 Å². The van der Waals surface area contributed by atoms with Gasteiger partial charge in [0.15, 0.2) is 0 Å².